The molecule has 2 rings (SSSR count). The molecule has 1 N–H and O–H groups in total. The van der Waals surface area contributed by atoms with Crippen molar-refractivity contribution in [3.63, 3.8) is 0 Å². The third-order valence-corrected chi connectivity index (χ3v) is 2.53. The lowest BCUT2D eigenvalue weighted by Gasteiger charge is -1.90. The summed E-state index contributed by atoms with van der Waals surface area (Å²) < 4.78 is 0. The molecular weight excluding hydrogens is 196 g/mol. The molecule has 0 aliphatic carbocycles. The molecule has 0 saturated carbocycles. The van der Waals surface area contributed by atoms with Crippen LogP contribution in [-0.2, 0) is 0 Å². The summed E-state index contributed by atoms with van der Waals surface area (Å²) in [5, 5.41) is 11.5. The van der Waals surface area contributed by atoms with Crippen molar-refractivity contribution in [3.8, 4) is 11.8 Å². The average molecular weight is 204 g/mol. The van der Waals surface area contributed by atoms with Gasteiger partial charge in [-0.15, -0.1) is 11.3 Å². The van der Waals surface area contributed by atoms with Crippen molar-refractivity contribution < 1.29 is 5.11 Å². The van der Waals surface area contributed by atoms with Crippen LogP contribution in [0, 0.1) is 11.8 Å². The molecule has 0 aromatic carbocycles. The first-order chi connectivity index (χ1) is 6.92. The van der Waals surface area contributed by atoms with Crippen LogP contribution >= 0.6 is 11.3 Å². The van der Waals surface area contributed by atoms with E-state index in [1.807, 2.05) is 11.4 Å². The van der Waals surface area contributed by atoms with Crippen molar-refractivity contribution >= 4 is 21.6 Å². The van der Waals surface area contributed by atoms with Gasteiger partial charge in [0.25, 0.3) is 0 Å². The lowest BCUT2D eigenvalue weighted by atomic mass is 10.3. The van der Waals surface area contributed by atoms with E-state index in [0.717, 1.165) is 15.9 Å². The number of hydrogen-bond donors (Lipinski definition) is 1. The third kappa shape index (κ3) is 1.74. The topological polar surface area (TPSA) is 46.0 Å². The number of aliphatic hydroxyl groups excluding tert-OH is 1. The van der Waals surface area contributed by atoms with Crippen LogP contribution in [0.1, 0.15) is 12.1 Å². The van der Waals surface area contributed by atoms with Gasteiger partial charge in [-0.25, -0.2) is 9.97 Å². The molecule has 70 valence electrons. The van der Waals surface area contributed by atoms with E-state index in [0.29, 0.717) is 6.42 Å². The number of rotatable bonds is 1. The van der Waals surface area contributed by atoms with Crippen LogP contribution in [0.5, 0.6) is 0 Å². The molecule has 0 fully saturated rings. The Labute approximate surface area is 85.4 Å². The predicted octanol–water partition coefficient (Wildman–Crippen LogP) is 1.43. The van der Waals surface area contributed by atoms with Crippen molar-refractivity contribution in [2.45, 2.75) is 6.42 Å². The fourth-order valence-corrected chi connectivity index (χ4v) is 1.82. The van der Waals surface area contributed by atoms with Gasteiger partial charge in [0.05, 0.1) is 6.61 Å². The smallest absolute Gasteiger partial charge is 0.127 e. The highest BCUT2D eigenvalue weighted by Crippen LogP contribution is 2.19. The highest BCUT2D eigenvalue weighted by atomic mass is 32.1. The predicted molar refractivity (Wildman–Crippen MR) is 56.0 cm³/mol. The van der Waals surface area contributed by atoms with E-state index >= 15 is 0 Å². The Morgan fingerprint density at radius 3 is 3.21 bits per heavy atom. The number of thiophene rings is 1. The van der Waals surface area contributed by atoms with Gasteiger partial charge >= 0.3 is 0 Å². The monoisotopic (exact) mass is 204 g/mol. The van der Waals surface area contributed by atoms with Gasteiger partial charge in [0.15, 0.2) is 0 Å². The van der Waals surface area contributed by atoms with Crippen LogP contribution in [0.4, 0.5) is 0 Å². The molecule has 0 spiro atoms. The Balaban J connectivity index is 2.43. The summed E-state index contributed by atoms with van der Waals surface area (Å²) in [6, 6.07) is 1.96. The highest BCUT2D eigenvalue weighted by Gasteiger charge is 2.00. The maximum atomic E-state index is 8.58. The van der Waals surface area contributed by atoms with Crippen molar-refractivity contribution in [2.75, 3.05) is 6.61 Å². The van der Waals surface area contributed by atoms with E-state index in [1.165, 1.54) is 6.33 Å². The first-order valence-corrected chi connectivity index (χ1v) is 5.07. The lowest BCUT2D eigenvalue weighted by Crippen LogP contribution is -1.85. The van der Waals surface area contributed by atoms with E-state index in [1.54, 1.807) is 11.3 Å². The minimum Gasteiger partial charge on any atom is -0.395 e. The molecule has 2 aromatic heterocycles. The van der Waals surface area contributed by atoms with Gasteiger partial charge in [0, 0.05) is 11.8 Å². The van der Waals surface area contributed by atoms with Crippen LogP contribution in [0.3, 0.4) is 0 Å². The fraction of sp³-hybridized carbons (Fsp3) is 0.200. The van der Waals surface area contributed by atoms with Crippen LogP contribution in [0.2, 0.25) is 0 Å². The second kappa shape index (κ2) is 4.18. The Bertz CT molecular complexity index is 495. The van der Waals surface area contributed by atoms with E-state index in [4.69, 9.17) is 5.11 Å². The highest BCUT2D eigenvalue weighted by molar-refractivity contribution is 7.16. The Kier molecular flexibility index (Phi) is 2.73. The summed E-state index contributed by atoms with van der Waals surface area (Å²) in [5.41, 5.74) is 0.740. The van der Waals surface area contributed by atoms with Gasteiger partial charge in [-0.2, -0.15) is 0 Å². The van der Waals surface area contributed by atoms with Gasteiger partial charge < -0.3 is 5.11 Å². The van der Waals surface area contributed by atoms with Gasteiger partial charge in [0.1, 0.15) is 16.9 Å². The maximum absolute atomic E-state index is 8.58. The molecule has 0 bridgehead atoms. The lowest BCUT2D eigenvalue weighted by molar-refractivity contribution is 0.305. The average Bonchev–Trinajstić information content (AvgIpc) is 2.67. The number of fused-ring (bicyclic) bond motifs is 1. The molecular formula is C10H8N2OS. The molecule has 0 atom stereocenters. The van der Waals surface area contributed by atoms with E-state index < -0.39 is 0 Å². The molecule has 0 aliphatic heterocycles. The molecule has 2 heterocycles. The van der Waals surface area contributed by atoms with Gasteiger partial charge in [-0.05, 0) is 17.4 Å². The summed E-state index contributed by atoms with van der Waals surface area (Å²) in [7, 11) is 0. The SMILES string of the molecule is OCCC#Cc1ncnc2sccc12. The van der Waals surface area contributed by atoms with Gasteiger partial charge in [0.2, 0.25) is 0 Å². The van der Waals surface area contributed by atoms with Crippen LogP contribution in [-0.4, -0.2) is 21.7 Å². The maximum Gasteiger partial charge on any atom is 0.127 e. The summed E-state index contributed by atoms with van der Waals surface area (Å²) in [6.45, 7) is 0.0882. The Hall–Kier alpha value is -1.44. The van der Waals surface area contributed by atoms with Crippen molar-refractivity contribution in [3.05, 3.63) is 23.5 Å². The summed E-state index contributed by atoms with van der Waals surface area (Å²) in [6.07, 6.45) is 2.00. The molecule has 0 amide bonds. The molecule has 0 radical (unpaired) electrons. The van der Waals surface area contributed by atoms with Crippen LogP contribution in [0.25, 0.3) is 10.2 Å². The zero-order valence-corrected chi connectivity index (χ0v) is 8.21. The summed E-state index contributed by atoms with van der Waals surface area (Å²) in [4.78, 5) is 9.16. The van der Waals surface area contributed by atoms with E-state index in [9.17, 15) is 0 Å². The molecule has 2 aromatic rings. The molecule has 14 heavy (non-hydrogen) atoms. The molecule has 0 aliphatic rings. The van der Waals surface area contributed by atoms with Crippen LogP contribution in [0.15, 0.2) is 17.8 Å². The zero-order chi connectivity index (χ0) is 9.80. The number of nitrogens with zero attached hydrogens (tertiary/aromatic N) is 2. The molecule has 4 heteroatoms. The van der Waals surface area contributed by atoms with E-state index in [2.05, 4.69) is 21.8 Å². The number of hydrogen-bond acceptors (Lipinski definition) is 4. The number of aromatic nitrogens is 2. The molecule has 0 unspecified atom stereocenters. The Morgan fingerprint density at radius 2 is 2.36 bits per heavy atom. The second-order valence-corrected chi connectivity index (χ2v) is 3.53. The van der Waals surface area contributed by atoms with Crippen LogP contribution < -0.4 is 0 Å². The van der Waals surface area contributed by atoms with Gasteiger partial charge in [-0.1, -0.05) is 5.92 Å². The van der Waals surface area contributed by atoms with E-state index in [-0.39, 0.29) is 6.61 Å². The van der Waals surface area contributed by atoms with Crippen molar-refractivity contribution in [1.29, 1.82) is 0 Å². The normalized spacial score (nSPS) is 9.79. The minimum atomic E-state index is 0.0882. The fourth-order valence-electron chi connectivity index (χ4n) is 1.09. The largest absolute Gasteiger partial charge is 0.395 e. The Morgan fingerprint density at radius 1 is 1.43 bits per heavy atom. The third-order valence-electron chi connectivity index (χ3n) is 1.71. The first kappa shape index (κ1) is 9.13. The molecule has 0 saturated heterocycles. The zero-order valence-electron chi connectivity index (χ0n) is 7.40. The number of aliphatic hydroxyl groups is 1. The summed E-state index contributed by atoms with van der Waals surface area (Å²) in [5.74, 6) is 5.77. The quantitative estimate of drug-likeness (QED) is 0.715. The molecule has 3 nitrogen and oxygen atoms in total. The summed E-state index contributed by atoms with van der Waals surface area (Å²) >= 11 is 1.57. The minimum absolute atomic E-state index is 0.0882. The standard InChI is InChI=1S/C10H8N2OS/c13-5-2-1-3-9-8-4-6-14-10(8)12-7-11-9/h4,6-7,13H,2,5H2. The van der Waals surface area contributed by atoms with Crippen molar-refractivity contribution in [2.24, 2.45) is 0 Å². The van der Waals surface area contributed by atoms with Crippen molar-refractivity contribution in [1.82, 2.24) is 9.97 Å². The van der Waals surface area contributed by atoms with Gasteiger partial charge in [-0.3, -0.25) is 0 Å². The second-order valence-electron chi connectivity index (χ2n) is 2.64. The first-order valence-electron chi connectivity index (χ1n) is 4.20.